The first-order valence-electron chi connectivity index (χ1n) is 4.40. The molecule has 0 aromatic heterocycles. The summed E-state index contributed by atoms with van der Waals surface area (Å²) >= 11 is 7.21. The number of carbonyl (C=O) groups excluding carboxylic acids is 2. The Bertz CT molecular complexity index is 316. The van der Waals surface area contributed by atoms with Crippen LogP contribution in [0.1, 0.15) is 6.92 Å². The largest absolute Gasteiger partial charge is 0.464 e. The molecule has 1 aliphatic heterocycles. The third-order valence-corrected chi connectivity index (χ3v) is 3.50. The lowest BCUT2D eigenvalue weighted by Gasteiger charge is -2.28. The van der Waals surface area contributed by atoms with Crippen molar-refractivity contribution >= 4 is 35.2 Å². The van der Waals surface area contributed by atoms with E-state index in [-0.39, 0.29) is 17.5 Å². The minimum atomic E-state index is -0.506. The van der Waals surface area contributed by atoms with Crippen molar-refractivity contribution in [2.45, 2.75) is 6.92 Å². The predicted molar refractivity (Wildman–Crippen MR) is 59.6 cm³/mol. The lowest BCUT2D eigenvalue weighted by Crippen LogP contribution is -2.37. The lowest BCUT2D eigenvalue weighted by molar-refractivity contribution is -0.141. The molecule has 0 atom stereocenters. The van der Waals surface area contributed by atoms with E-state index >= 15 is 0 Å². The monoisotopic (exact) mass is 249 g/mol. The first-order valence-corrected chi connectivity index (χ1v) is 5.92. The molecule has 1 heterocycles. The Hall–Kier alpha value is -0.680. The van der Waals surface area contributed by atoms with Crippen LogP contribution in [0.3, 0.4) is 0 Å². The maximum absolute atomic E-state index is 11.5. The van der Waals surface area contributed by atoms with Gasteiger partial charge in [0.05, 0.1) is 13.0 Å². The third-order valence-electron chi connectivity index (χ3n) is 2.01. The Balaban J connectivity index is 3.09. The van der Waals surface area contributed by atoms with Gasteiger partial charge in [-0.2, -0.15) is 0 Å². The molecule has 0 unspecified atom stereocenters. The van der Waals surface area contributed by atoms with Gasteiger partial charge in [0.2, 0.25) is 5.91 Å². The third kappa shape index (κ3) is 2.66. The highest BCUT2D eigenvalue weighted by molar-refractivity contribution is 8.03. The molecule has 6 heteroatoms. The van der Waals surface area contributed by atoms with E-state index in [1.54, 1.807) is 0 Å². The number of methoxy groups -OCH3 is 1. The molecule has 84 valence electrons. The molecule has 0 aliphatic carbocycles. The summed E-state index contributed by atoms with van der Waals surface area (Å²) in [4.78, 5) is 24.9. The number of hydrogen-bond donors (Lipinski definition) is 0. The van der Waals surface area contributed by atoms with Crippen molar-refractivity contribution in [1.82, 2.24) is 4.90 Å². The van der Waals surface area contributed by atoms with Crippen LogP contribution in [-0.4, -0.2) is 42.1 Å². The van der Waals surface area contributed by atoms with E-state index in [4.69, 9.17) is 11.6 Å². The van der Waals surface area contributed by atoms with Gasteiger partial charge in [-0.05, 0) is 0 Å². The maximum Gasteiger partial charge on any atom is 0.355 e. The zero-order valence-corrected chi connectivity index (χ0v) is 10.2. The summed E-state index contributed by atoms with van der Waals surface area (Å²) in [5.41, 5.74) is 0.288. The van der Waals surface area contributed by atoms with E-state index in [9.17, 15) is 9.59 Å². The van der Waals surface area contributed by atoms with Crippen LogP contribution < -0.4 is 0 Å². The molecule has 0 radical (unpaired) electrons. The normalized spacial score (nSPS) is 16.6. The van der Waals surface area contributed by atoms with Crippen molar-refractivity contribution in [1.29, 1.82) is 0 Å². The fraction of sp³-hybridized carbons (Fsp3) is 0.556. The van der Waals surface area contributed by atoms with E-state index in [1.807, 2.05) is 0 Å². The average molecular weight is 250 g/mol. The summed E-state index contributed by atoms with van der Waals surface area (Å²) in [7, 11) is 1.29. The summed E-state index contributed by atoms with van der Waals surface area (Å²) in [5.74, 6) is 0.299. The van der Waals surface area contributed by atoms with E-state index in [2.05, 4.69) is 4.74 Å². The number of halogens is 1. The first-order chi connectivity index (χ1) is 7.11. The highest BCUT2D eigenvalue weighted by Crippen LogP contribution is 2.29. The minimum absolute atomic E-state index is 0.168. The summed E-state index contributed by atoms with van der Waals surface area (Å²) in [6, 6.07) is 0. The number of carbonyl (C=O) groups is 2. The molecule has 0 aromatic rings. The van der Waals surface area contributed by atoms with Crippen LogP contribution in [0.4, 0.5) is 0 Å². The second kappa shape index (κ2) is 5.42. The van der Waals surface area contributed by atoms with Gasteiger partial charge in [-0.25, -0.2) is 4.79 Å². The average Bonchev–Trinajstić information content (AvgIpc) is 2.26. The van der Waals surface area contributed by atoms with E-state index in [0.717, 1.165) is 5.75 Å². The molecule has 1 amide bonds. The zero-order valence-electron chi connectivity index (χ0n) is 8.58. The van der Waals surface area contributed by atoms with Gasteiger partial charge in [-0.15, -0.1) is 23.4 Å². The van der Waals surface area contributed by atoms with Crippen molar-refractivity contribution in [3.8, 4) is 0 Å². The van der Waals surface area contributed by atoms with E-state index in [1.165, 1.54) is 30.7 Å². The highest BCUT2D eigenvalue weighted by Gasteiger charge is 2.28. The molecule has 1 rings (SSSR count). The number of thioether (sulfide) groups is 1. The fourth-order valence-corrected chi connectivity index (χ4v) is 2.61. The quantitative estimate of drug-likeness (QED) is 0.545. The highest BCUT2D eigenvalue weighted by atomic mass is 35.5. The lowest BCUT2D eigenvalue weighted by atomic mass is 10.3. The van der Waals surface area contributed by atoms with Crippen molar-refractivity contribution < 1.29 is 14.3 Å². The van der Waals surface area contributed by atoms with Crippen molar-refractivity contribution in [2.75, 3.05) is 25.3 Å². The molecule has 0 saturated heterocycles. The molecule has 0 N–H and O–H groups in total. The van der Waals surface area contributed by atoms with Gasteiger partial charge in [0, 0.05) is 24.1 Å². The van der Waals surface area contributed by atoms with Gasteiger partial charge in [-0.1, -0.05) is 0 Å². The topological polar surface area (TPSA) is 46.6 Å². The number of rotatable bonds is 2. The van der Waals surface area contributed by atoms with Crippen LogP contribution in [0.5, 0.6) is 0 Å². The summed E-state index contributed by atoms with van der Waals surface area (Å²) in [5, 5.41) is 0. The number of allylic oxidation sites excluding steroid dienone is 1. The number of nitrogens with zero attached hydrogens (tertiary/aromatic N) is 1. The van der Waals surface area contributed by atoms with Gasteiger partial charge >= 0.3 is 5.97 Å². The zero-order chi connectivity index (χ0) is 11.4. The van der Waals surface area contributed by atoms with Crippen LogP contribution in [0.2, 0.25) is 0 Å². The molecule has 15 heavy (non-hydrogen) atoms. The molecule has 0 aromatic carbocycles. The smallest absolute Gasteiger partial charge is 0.355 e. The number of alkyl halides is 1. The second-order valence-corrected chi connectivity index (χ2v) is 4.37. The number of esters is 1. The van der Waals surface area contributed by atoms with Crippen molar-refractivity contribution in [2.24, 2.45) is 0 Å². The predicted octanol–water partition coefficient (Wildman–Crippen LogP) is 1.21. The second-order valence-electron chi connectivity index (χ2n) is 2.92. The molecule has 0 fully saturated rings. The molecule has 1 aliphatic rings. The van der Waals surface area contributed by atoms with Crippen LogP contribution in [0.25, 0.3) is 0 Å². The van der Waals surface area contributed by atoms with Gasteiger partial charge in [-0.3, -0.25) is 4.79 Å². The van der Waals surface area contributed by atoms with Gasteiger partial charge < -0.3 is 9.64 Å². The summed E-state index contributed by atoms with van der Waals surface area (Å²) in [6.07, 6.45) is 0. The van der Waals surface area contributed by atoms with Crippen molar-refractivity contribution in [3.05, 3.63) is 10.6 Å². The number of hydrogen-bond acceptors (Lipinski definition) is 4. The van der Waals surface area contributed by atoms with E-state index < -0.39 is 5.97 Å². The first kappa shape index (κ1) is 12.4. The standard InChI is InChI=1S/C9H12ClNO3S/c1-6(12)11-3-4-15-7(5-10)8(11)9(13)14-2/h3-5H2,1-2H3. The number of ether oxygens (including phenoxy) is 1. The Morgan fingerprint density at radius 3 is 2.73 bits per heavy atom. The van der Waals surface area contributed by atoms with Crippen LogP contribution in [0.15, 0.2) is 10.6 Å². The summed E-state index contributed by atoms with van der Waals surface area (Å²) in [6.45, 7) is 1.94. The Kier molecular flexibility index (Phi) is 4.47. The molecule has 0 spiro atoms. The van der Waals surface area contributed by atoms with Gasteiger partial charge in [0.15, 0.2) is 0 Å². The Morgan fingerprint density at radius 1 is 1.60 bits per heavy atom. The van der Waals surface area contributed by atoms with Crippen LogP contribution in [0, 0.1) is 0 Å². The van der Waals surface area contributed by atoms with Gasteiger partial charge in [0.25, 0.3) is 0 Å². The molecule has 0 saturated carbocycles. The fourth-order valence-electron chi connectivity index (χ4n) is 1.33. The van der Waals surface area contributed by atoms with Crippen LogP contribution >= 0.6 is 23.4 Å². The maximum atomic E-state index is 11.5. The molecular weight excluding hydrogens is 238 g/mol. The van der Waals surface area contributed by atoms with Crippen molar-refractivity contribution in [3.63, 3.8) is 0 Å². The molecular formula is C9H12ClNO3S. The summed E-state index contributed by atoms with van der Waals surface area (Å²) < 4.78 is 4.64. The van der Waals surface area contributed by atoms with Gasteiger partial charge in [0.1, 0.15) is 5.70 Å². The SMILES string of the molecule is COC(=O)C1=C(CCl)SCCN1C(C)=O. The molecule has 0 bridgehead atoms. The number of amides is 1. The Morgan fingerprint density at radius 2 is 2.27 bits per heavy atom. The molecule has 4 nitrogen and oxygen atoms in total. The van der Waals surface area contributed by atoms with Crippen LogP contribution in [-0.2, 0) is 14.3 Å². The Labute approximate surface area is 97.6 Å². The van der Waals surface area contributed by atoms with E-state index in [0.29, 0.717) is 11.4 Å². The minimum Gasteiger partial charge on any atom is -0.464 e.